The summed E-state index contributed by atoms with van der Waals surface area (Å²) < 4.78 is 15.7. The van der Waals surface area contributed by atoms with Gasteiger partial charge in [-0.1, -0.05) is 20.8 Å². The number of esters is 1. The Labute approximate surface area is 126 Å². The van der Waals surface area contributed by atoms with Gasteiger partial charge < -0.3 is 13.9 Å². The second-order valence-electron chi connectivity index (χ2n) is 5.67. The van der Waals surface area contributed by atoms with Crippen LogP contribution < -0.4 is 4.74 Å². The maximum Gasteiger partial charge on any atom is 0.374 e. The molecule has 5 heteroatoms. The van der Waals surface area contributed by atoms with Crippen LogP contribution >= 0.6 is 8.19 Å². The summed E-state index contributed by atoms with van der Waals surface area (Å²) in [6.07, 6.45) is 0. The largest absolute Gasteiger partial charge is 0.497 e. The number of hydrogen-bond donors (Lipinski definition) is 0. The molecule has 0 fully saturated rings. The van der Waals surface area contributed by atoms with E-state index in [1.54, 1.807) is 7.11 Å². The van der Waals surface area contributed by atoms with Crippen LogP contribution in [-0.4, -0.2) is 20.2 Å². The monoisotopic (exact) mass is 306 g/mol. The third-order valence-corrected chi connectivity index (χ3v) is 4.70. The molecule has 1 aromatic carbocycles. The lowest BCUT2D eigenvalue weighted by Crippen LogP contribution is -2.14. The van der Waals surface area contributed by atoms with Gasteiger partial charge in [0, 0.05) is 10.9 Å². The molecule has 0 aliphatic heterocycles. The van der Waals surface area contributed by atoms with E-state index in [1.165, 1.54) is 7.11 Å². The molecule has 0 saturated carbocycles. The Hall–Kier alpha value is -1.80. The topological polar surface area (TPSA) is 48.7 Å². The van der Waals surface area contributed by atoms with E-state index in [4.69, 9.17) is 13.9 Å². The van der Waals surface area contributed by atoms with Crippen LogP contribution in [0.1, 0.15) is 36.6 Å². The zero-order valence-electron chi connectivity index (χ0n) is 12.9. The first kappa shape index (κ1) is 15.6. The van der Waals surface area contributed by atoms with Gasteiger partial charge >= 0.3 is 5.97 Å². The van der Waals surface area contributed by atoms with Crippen molar-refractivity contribution in [3.05, 3.63) is 35.3 Å². The van der Waals surface area contributed by atoms with E-state index in [2.05, 4.69) is 20.8 Å². The normalized spacial score (nSPS) is 11.7. The summed E-state index contributed by atoms with van der Waals surface area (Å²) in [5.74, 6) is 0.652. The van der Waals surface area contributed by atoms with Gasteiger partial charge in [-0.05, 0) is 37.9 Å². The lowest BCUT2D eigenvalue weighted by Gasteiger charge is -2.16. The van der Waals surface area contributed by atoms with Gasteiger partial charge in [0.25, 0.3) is 0 Å². The Kier molecular flexibility index (Phi) is 4.38. The Morgan fingerprint density at radius 3 is 2.24 bits per heavy atom. The summed E-state index contributed by atoms with van der Waals surface area (Å²) in [6, 6.07) is 7.57. The zero-order chi connectivity index (χ0) is 15.6. The molecule has 0 saturated heterocycles. The number of methoxy groups -OCH3 is 2. The van der Waals surface area contributed by atoms with Crippen molar-refractivity contribution in [3.8, 4) is 16.8 Å². The fourth-order valence-electron chi connectivity index (χ4n) is 1.92. The fourth-order valence-corrected chi connectivity index (χ4v) is 3.11. The van der Waals surface area contributed by atoms with E-state index in [0.717, 1.165) is 30.3 Å². The van der Waals surface area contributed by atoms with E-state index in [-0.39, 0.29) is 5.41 Å². The summed E-state index contributed by atoms with van der Waals surface area (Å²) in [4.78, 5) is 11.9. The van der Waals surface area contributed by atoms with E-state index in [9.17, 15) is 4.79 Å². The first-order valence-electron chi connectivity index (χ1n) is 6.61. The lowest BCUT2D eigenvalue weighted by atomic mass is 9.93. The molecule has 0 amide bonds. The number of hydrogen-bond acceptors (Lipinski definition) is 4. The molecule has 0 atom stereocenters. The second-order valence-corrected chi connectivity index (χ2v) is 6.74. The molecule has 0 unspecified atom stereocenters. The average molecular weight is 306 g/mol. The molecule has 1 heterocycles. The van der Waals surface area contributed by atoms with Crippen LogP contribution in [0.15, 0.2) is 28.7 Å². The first-order valence-corrected chi connectivity index (χ1v) is 7.50. The van der Waals surface area contributed by atoms with Gasteiger partial charge in [0.15, 0.2) is 5.49 Å². The predicted octanol–water partition coefficient (Wildman–Crippen LogP) is 4.62. The molecule has 0 bridgehead atoms. The molecule has 21 heavy (non-hydrogen) atoms. The summed E-state index contributed by atoms with van der Waals surface area (Å²) in [7, 11) is 3.89. The van der Waals surface area contributed by atoms with Crippen LogP contribution in [0.2, 0.25) is 0 Å². The molecular weight excluding hydrogens is 287 g/mol. The zero-order valence-corrected chi connectivity index (χ0v) is 13.8. The van der Waals surface area contributed by atoms with Crippen molar-refractivity contribution in [2.24, 2.45) is 0 Å². The van der Waals surface area contributed by atoms with E-state index < -0.39 is 5.97 Å². The minimum Gasteiger partial charge on any atom is -0.497 e. The van der Waals surface area contributed by atoms with Gasteiger partial charge in [0.2, 0.25) is 5.76 Å². The van der Waals surface area contributed by atoms with Gasteiger partial charge in [0.1, 0.15) is 5.75 Å². The number of rotatable bonds is 3. The highest BCUT2D eigenvalue weighted by Gasteiger charge is 2.28. The van der Waals surface area contributed by atoms with Crippen molar-refractivity contribution in [1.82, 2.24) is 0 Å². The Balaban J connectivity index is 2.50. The van der Waals surface area contributed by atoms with Gasteiger partial charge in [-0.3, -0.25) is 0 Å². The van der Waals surface area contributed by atoms with Crippen LogP contribution in [-0.2, 0) is 10.2 Å². The van der Waals surface area contributed by atoms with E-state index in [0.29, 0.717) is 5.76 Å². The van der Waals surface area contributed by atoms with Gasteiger partial charge in [0.05, 0.1) is 14.2 Å². The maximum absolute atomic E-state index is 11.9. The van der Waals surface area contributed by atoms with Crippen LogP contribution in [0, 0.1) is 0 Å². The van der Waals surface area contributed by atoms with Gasteiger partial charge in [-0.15, -0.1) is 0 Å². The second kappa shape index (κ2) is 5.90. The number of benzene rings is 1. The molecule has 4 nitrogen and oxygen atoms in total. The fraction of sp³-hybridized carbons (Fsp3) is 0.375. The first-order chi connectivity index (χ1) is 9.86. The molecule has 0 radical (unpaired) electrons. The minimum atomic E-state index is -0.434. The molecular formula is C16H19O4P. The minimum absolute atomic E-state index is 0.167. The molecule has 0 spiro atoms. The SMILES string of the molecule is COC(=O)c1oc(-c2ccc(OC)cc2)pc1C(C)(C)C. The van der Waals surface area contributed by atoms with Crippen molar-refractivity contribution in [1.29, 1.82) is 0 Å². The molecule has 0 N–H and O–H groups in total. The summed E-state index contributed by atoms with van der Waals surface area (Å²) in [5, 5.41) is 0.931. The molecule has 2 rings (SSSR count). The molecule has 0 aliphatic carbocycles. The average Bonchev–Trinajstić information content (AvgIpc) is 2.92. The summed E-state index contributed by atoms with van der Waals surface area (Å²) >= 11 is 0. The van der Waals surface area contributed by atoms with E-state index >= 15 is 0 Å². The summed E-state index contributed by atoms with van der Waals surface area (Å²) in [5.41, 5.74) is 1.50. The standard InChI is InChI=1S/C16H19O4P/c1-16(2,3)13-12(14(17)19-5)20-15(21-13)10-6-8-11(18-4)9-7-10/h6-9H,1-5H3. The van der Waals surface area contributed by atoms with Crippen molar-refractivity contribution >= 4 is 14.2 Å². The predicted molar refractivity (Wildman–Crippen MR) is 83.2 cm³/mol. The Morgan fingerprint density at radius 2 is 1.76 bits per heavy atom. The van der Waals surface area contributed by atoms with Crippen molar-refractivity contribution in [2.75, 3.05) is 14.2 Å². The highest BCUT2D eigenvalue weighted by molar-refractivity contribution is 7.34. The molecule has 2 aromatic rings. The molecule has 0 aliphatic rings. The highest BCUT2D eigenvalue weighted by atomic mass is 31.0. The number of ether oxygens (including phenoxy) is 2. The van der Waals surface area contributed by atoms with Crippen molar-refractivity contribution in [2.45, 2.75) is 26.2 Å². The smallest absolute Gasteiger partial charge is 0.374 e. The third kappa shape index (κ3) is 3.27. The quantitative estimate of drug-likeness (QED) is 0.776. The van der Waals surface area contributed by atoms with Crippen molar-refractivity contribution < 1.29 is 18.7 Å². The molecule has 1 aromatic heterocycles. The lowest BCUT2D eigenvalue weighted by molar-refractivity contribution is 0.0562. The highest BCUT2D eigenvalue weighted by Crippen LogP contribution is 2.42. The Morgan fingerprint density at radius 1 is 1.14 bits per heavy atom. The van der Waals surface area contributed by atoms with Crippen molar-refractivity contribution in [3.63, 3.8) is 0 Å². The van der Waals surface area contributed by atoms with Crippen LogP contribution in [0.25, 0.3) is 11.1 Å². The third-order valence-electron chi connectivity index (χ3n) is 3.05. The number of carbonyl (C=O) groups excluding carboxylic acids is 1. The van der Waals surface area contributed by atoms with Gasteiger partial charge in [-0.25, -0.2) is 4.79 Å². The Bertz CT molecular complexity index is 635. The van der Waals surface area contributed by atoms with E-state index in [1.807, 2.05) is 24.3 Å². The van der Waals surface area contributed by atoms with Crippen LogP contribution in [0.5, 0.6) is 5.75 Å². The molecule has 112 valence electrons. The summed E-state index contributed by atoms with van der Waals surface area (Å²) in [6.45, 7) is 6.16. The maximum atomic E-state index is 11.9. The van der Waals surface area contributed by atoms with Gasteiger partial charge in [-0.2, -0.15) is 0 Å². The van der Waals surface area contributed by atoms with Crippen LogP contribution in [0.3, 0.4) is 0 Å². The van der Waals surface area contributed by atoms with Crippen LogP contribution in [0.4, 0.5) is 0 Å². The number of carbonyl (C=O) groups is 1.